The first kappa shape index (κ1) is 22.5. The summed E-state index contributed by atoms with van der Waals surface area (Å²) >= 11 is 0. The summed E-state index contributed by atoms with van der Waals surface area (Å²) < 4.78 is 11.3. The van der Waals surface area contributed by atoms with Gasteiger partial charge in [-0.15, -0.1) is 0 Å². The van der Waals surface area contributed by atoms with Crippen LogP contribution in [0.1, 0.15) is 35.7 Å². The molecule has 7 nitrogen and oxygen atoms in total. The van der Waals surface area contributed by atoms with Crippen molar-refractivity contribution in [3.8, 4) is 23.0 Å². The van der Waals surface area contributed by atoms with Gasteiger partial charge in [-0.3, -0.25) is 9.59 Å². The van der Waals surface area contributed by atoms with Crippen LogP contribution in [0.5, 0.6) is 11.6 Å². The molecule has 0 radical (unpaired) electrons. The number of benzene rings is 2. The number of nitrogens with zero attached hydrogens (tertiary/aromatic N) is 3. The number of aromatic nitrogens is 2. The van der Waals surface area contributed by atoms with Gasteiger partial charge in [-0.2, -0.15) is 4.98 Å². The maximum atomic E-state index is 13.4. The third-order valence-electron chi connectivity index (χ3n) is 5.72. The van der Waals surface area contributed by atoms with E-state index in [-0.39, 0.29) is 23.7 Å². The van der Waals surface area contributed by atoms with E-state index in [0.717, 1.165) is 11.1 Å². The number of ether oxygens (including phenoxy) is 2. The molecule has 3 aromatic rings. The molecule has 0 saturated carbocycles. The number of aryl methyl sites for hydroxylation is 1. The smallest absolute Gasteiger partial charge is 0.309 e. The first-order valence-electron chi connectivity index (χ1n) is 11.2. The van der Waals surface area contributed by atoms with Crippen molar-refractivity contribution in [3.05, 3.63) is 71.9 Å². The van der Waals surface area contributed by atoms with Crippen molar-refractivity contribution in [1.82, 2.24) is 14.9 Å². The Morgan fingerprint density at radius 1 is 1.03 bits per heavy atom. The molecule has 0 N–H and O–H groups in total. The number of esters is 1. The second kappa shape index (κ2) is 10.3. The van der Waals surface area contributed by atoms with Crippen molar-refractivity contribution < 1.29 is 19.1 Å². The molecular formula is C26H27N3O4. The molecule has 170 valence electrons. The van der Waals surface area contributed by atoms with Gasteiger partial charge < -0.3 is 14.4 Å². The van der Waals surface area contributed by atoms with Gasteiger partial charge >= 0.3 is 5.97 Å². The minimum atomic E-state index is -0.208. The van der Waals surface area contributed by atoms with Crippen LogP contribution in [0.4, 0.5) is 0 Å². The van der Waals surface area contributed by atoms with Gasteiger partial charge in [0, 0.05) is 24.8 Å². The molecule has 2 aromatic carbocycles. The molecule has 0 bridgehead atoms. The molecule has 7 heteroatoms. The molecule has 1 aromatic heterocycles. The Balaban J connectivity index is 1.61. The standard InChI is InChI=1S/C26H27N3O4/c1-3-32-26(31)20-13-15-29(16-14-20)25(30)21-17-27-23(19-10-5-4-6-11-19)28-24(21)33-22-12-8-7-9-18(22)2/h4-12,17,20H,3,13-16H2,1-2H3. The fraction of sp³-hybridized carbons (Fsp3) is 0.308. The number of amides is 1. The van der Waals surface area contributed by atoms with Crippen molar-refractivity contribution in [3.63, 3.8) is 0 Å². The van der Waals surface area contributed by atoms with Crippen molar-refractivity contribution in [1.29, 1.82) is 0 Å². The summed E-state index contributed by atoms with van der Waals surface area (Å²) in [5.41, 5.74) is 2.07. The molecule has 0 unspecified atom stereocenters. The van der Waals surface area contributed by atoms with Gasteiger partial charge in [0.2, 0.25) is 5.88 Å². The normalized spacial score (nSPS) is 14.1. The molecule has 0 spiro atoms. The quantitative estimate of drug-likeness (QED) is 0.514. The molecule has 0 atom stereocenters. The van der Waals surface area contributed by atoms with Gasteiger partial charge in [0.05, 0.1) is 12.5 Å². The van der Waals surface area contributed by atoms with E-state index in [2.05, 4.69) is 9.97 Å². The molecule has 1 aliphatic heterocycles. The fourth-order valence-corrected chi connectivity index (χ4v) is 3.84. The van der Waals surface area contributed by atoms with E-state index in [1.54, 1.807) is 11.8 Å². The maximum absolute atomic E-state index is 13.4. The first-order valence-corrected chi connectivity index (χ1v) is 11.2. The lowest BCUT2D eigenvalue weighted by molar-refractivity contribution is -0.149. The summed E-state index contributed by atoms with van der Waals surface area (Å²) in [5, 5.41) is 0. The van der Waals surface area contributed by atoms with E-state index in [4.69, 9.17) is 9.47 Å². The highest BCUT2D eigenvalue weighted by molar-refractivity contribution is 5.96. The van der Waals surface area contributed by atoms with E-state index in [1.165, 1.54) is 6.20 Å². The van der Waals surface area contributed by atoms with Crippen LogP contribution in [0.25, 0.3) is 11.4 Å². The van der Waals surface area contributed by atoms with Gasteiger partial charge in [0.15, 0.2) is 5.82 Å². The molecule has 33 heavy (non-hydrogen) atoms. The lowest BCUT2D eigenvalue weighted by atomic mass is 9.96. The largest absolute Gasteiger partial charge is 0.466 e. The molecule has 2 heterocycles. The molecule has 4 rings (SSSR count). The Kier molecular flexibility index (Phi) is 6.98. The summed E-state index contributed by atoms with van der Waals surface area (Å²) in [6.45, 7) is 5.03. The summed E-state index contributed by atoms with van der Waals surface area (Å²) in [6, 6.07) is 17.2. The zero-order valence-corrected chi connectivity index (χ0v) is 18.9. The third-order valence-corrected chi connectivity index (χ3v) is 5.72. The van der Waals surface area contributed by atoms with Crippen LogP contribution in [0.15, 0.2) is 60.8 Å². The summed E-state index contributed by atoms with van der Waals surface area (Å²) in [6.07, 6.45) is 2.67. The van der Waals surface area contributed by atoms with Gasteiger partial charge in [0.1, 0.15) is 11.3 Å². The monoisotopic (exact) mass is 445 g/mol. The lowest BCUT2D eigenvalue weighted by Crippen LogP contribution is -2.40. The Hall–Kier alpha value is -3.74. The van der Waals surface area contributed by atoms with Crippen LogP contribution in [0.3, 0.4) is 0 Å². The molecule has 1 fully saturated rings. The van der Waals surface area contributed by atoms with Crippen LogP contribution in [0, 0.1) is 12.8 Å². The number of para-hydroxylation sites is 1. The third kappa shape index (κ3) is 5.19. The van der Waals surface area contributed by atoms with Gasteiger partial charge in [0.25, 0.3) is 5.91 Å². The number of carbonyl (C=O) groups excluding carboxylic acids is 2. The molecule has 0 aliphatic carbocycles. The lowest BCUT2D eigenvalue weighted by Gasteiger charge is -2.31. The molecule has 1 saturated heterocycles. The van der Waals surface area contributed by atoms with Crippen LogP contribution >= 0.6 is 0 Å². The van der Waals surface area contributed by atoms with Gasteiger partial charge in [-0.05, 0) is 38.3 Å². The summed E-state index contributed by atoms with van der Waals surface area (Å²) in [7, 11) is 0. The number of rotatable bonds is 6. The van der Waals surface area contributed by atoms with E-state index < -0.39 is 0 Å². The van der Waals surface area contributed by atoms with E-state index in [0.29, 0.717) is 49.7 Å². The van der Waals surface area contributed by atoms with Crippen LogP contribution < -0.4 is 4.74 Å². The topological polar surface area (TPSA) is 81.6 Å². The molecular weight excluding hydrogens is 418 g/mol. The average molecular weight is 446 g/mol. The van der Waals surface area contributed by atoms with E-state index in [1.807, 2.05) is 61.5 Å². The second-order valence-electron chi connectivity index (χ2n) is 7.96. The van der Waals surface area contributed by atoms with Crippen molar-refractivity contribution >= 4 is 11.9 Å². The van der Waals surface area contributed by atoms with Crippen LogP contribution in [0.2, 0.25) is 0 Å². The zero-order chi connectivity index (χ0) is 23.2. The van der Waals surface area contributed by atoms with E-state index >= 15 is 0 Å². The van der Waals surface area contributed by atoms with Crippen molar-refractivity contribution in [2.45, 2.75) is 26.7 Å². The number of hydrogen-bond donors (Lipinski definition) is 0. The minimum absolute atomic E-state index is 0.173. The first-order chi connectivity index (χ1) is 16.1. The van der Waals surface area contributed by atoms with Gasteiger partial charge in [-0.25, -0.2) is 4.98 Å². The SMILES string of the molecule is CCOC(=O)C1CCN(C(=O)c2cnc(-c3ccccc3)nc2Oc2ccccc2C)CC1. The van der Waals surface area contributed by atoms with Crippen molar-refractivity contribution in [2.24, 2.45) is 5.92 Å². The minimum Gasteiger partial charge on any atom is -0.466 e. The predicted molar refractivity (Wildman–Crippen MR) is 124 cm³/mol. The number of hydrogen-bond acceptors (Lipinski definition) is 6. The van der Waals surface area contributed by atoms with Crippen LogP contribution in [-0.2, 0) is 9.53 Å². The average Bonchev–Trinajstić information content (AvgIpc) is 2.86. The molecule has 1 amide bonds. The summed E-state index contributed by atoms with van der Waals surface area (Å²) in [5.74, 6) is 0.760. The fourth-order valence-electron chi connectivity index (χ4n) is 3.84. The van der Waals surface area contributed by atoms with Crippen molar-refractivity contribution in [2.75, 3.05) is 19.7 Å². The Morgan fingerprint density at radius 2 is 1.73 bits per heavy atom. The summed E-state index contributed by atoms with van der Waals surface area (Å²) in [4.78, 5) is 36.2. The van der Waals surface area contributed by atoms with Gasteiger partial charge in [-0.1, -0.05) is 48.5 Å². The number of piperidine rings is 1. The predicted octanol–water partition coefficient (Wildman–Crippen LogP) is 4.66. The highest BCUT2D eigenvalue weighted by Crippen LogP contribution is 2.30. The number of likely N-dealkylation sites (tertiary alicyclic amines) is 1. The highest BCUT2D eigenvalue weighted by Gasteiger charge is 2.30. The van der Waals surface area contributed by atoms with Crippen LogP contribution in [-0.4, -0.2) is 46.4 Å². The Labute approximate surface area is 193 Å². The number of carbonyl (C=O) groups is 2. The zero-order valence-electron chi connectivity index (χ0n) is 18.9. The second-order valence-corrected chi connectivity index (χ2v) is 7.96. The Bertz CT molecular complexity index is 1130. The highest BCUT2D eigenvalue weighted by atomic mass is 16.5. The van der Waals surface area contributed by atoms with E-state index in [9.17, 15) is 9.59 Å². The maximum Gasteiger partial charge on any atom is 0.309 e. The molecule has 1 aliphatic rings. The Morgan fingerprint density at radius 3 is 2.42 bits per heavy atom.